The van der Waals surface area contributed by atoms with Crippen molar-refractivity contribution in [1.29, 1.82) is 0 Å². The monoisotopic (exact) mass is 237 g/mol. The van der Waals surface area contributed by atoms with Gasteiger partial charge in [0.1, 0.15) is 0 Å². The van der Waals surface area contributed by atoms with Gasteiger partial charge < -0.3 is 5.32 Å². The number of piperazine rings is 1. The van der Waals surface area contributed by atoms with Crippen molar-refractivity contribution in [3.8, 4) is 0 Å². The van der Waals surface area contributed by atoms with Gasteiger partial charge in [-0.15, -0.1) is 5.10 Å². The predicted molar refractivity (Wildman–Crippen MR) is 67.8 cm³/mol. The fourth-order valence-electron chi connectivity index (χ4n) is 2.02. The molecular formula is C12H23N5. The lowest BCUT2D eigenvalue weighted by Crippen LogP contribution is -2.49. The van der Waals surface area contributed by atoms with Crippen molar-refractivity contribution in [1.82, 2.24) is 25.2 Å². The van der Waals surface area contributed by atoms with Crippen LogP contribution in [0.2, 0.25) is 0 Å². The highest BCUT2D eigenvalue weighted by atomic mass is 15.4. The summed E-state index contributed by atoms with van der Waals surface area (Å²) in [5, 5.41) is 11.9. The van der Waals surface area contributed by atoms with Gasteiger partial charge in [-0.25, -0.2) is 4.68 Å². The second-order valence-electron chi connectivity index (χ2n) is 5.85. The van der Waals surface area contributed by atoms with E-state index in [4.69, 9.17) is 0 Å². The Morgan fingerprint density at radius 3 is 2.82 bits per heavy atom. The first-order chi connectivity index (χ1) is 7.97. The van der Waals surface area contributed by atoms with E-state index in [1.165, 1.54) is 0 Å². The molecule has 17 heavy (non-hydrogen) atoms. The zero-order valence-corrected chi connectivity index (χ0v) is 11.3. The van der Waals surface area contributed by atoms with Crippen molar-refractivity contribution in [2.45, 2.75) is 45.8 Å². The minimum absolute atomic E-state index is 0.0142. The van der Waals surface area contributed by atoms with Crippen LogP contribution in [0.4, 0.5) is 0 Å². The molecule has 0 amide bonds. The summed E-state index contributed by atoms with van der Waals surface area (Å²) in [4.78, 5) is 2.45. The number of hydrogen-bond donors (Lipinski definition) is 1. The van der Waals surface area contributed by atoms with Gasteiger partial charge in [0.2, 0.25) is 0 Å². The normalized spacial score (nSPS) is 22.9. The van der Waals surface area contributed by atoms with Crippen molar-refractivity contribution < 1.29 is 0 Å². The number of nitrogens with one attached hydrogen (secondary N) is 1. The van der Waals surface area contributed by atoms with E-state index in [9.17, 15) is 0 Å². The quantitative estimate of drug-likeness (QED) is 0.827. The van der Waals surface area contributed by atoms with Gasteiger partial charge in [0.15, 0.2) is 0 Å². The molecule has 1 fully saturated rings. The zero-order chi connectivity index (χ0) is 12.5. The van der Waals surface area contributed by atoms with Crippen molar-refractivity contribution in [3.05, 3.63) is 11.9 Å². The first-order valence-corrected chi connectivity index (χ1v) is 6.33. The van der Waals surface area contributed by atoms with E-state index in [1.54, 1.807) is 0 Å². The fourth-order valence-corrected chi connectivity index (χ4v) is 2.02. The van der Waals surface area contributed by atoms with E-state index in [1.807, 2.05) is 4.68 Å². The summed E-state index contributed by atoms with van der Waals surface area (Å²) in [6.07, 6.45) is 2.06. The third kappa shape index (κ3) is 3.04. The van der Waals surface area contributed by atoms with Crippen LogP contribution < -0.4 is 5.32 Å². The standard InChI is InChI=1S/C12H23N5/c1-10-7-13-5-6-16(10)8-11-9-17(15-14-11)12(2,3)4/h9-10,13H,5-8H2,1-4H3/t10-/m0/s1. The highest BCUT2D eigenvalue weighted by Gasteiger charge is 2.20. The average Bonchev–Trinajstić information content (AvgIpc) is 2.69. The molecule has 5 nitrogen and oxygen atoms in total. The van der Waals surface area contributed by atoms with Gasteiger partial charge in [0.25, 0.3) is 0 Å². The first-order valence-electron chi connectivity index (χ1n) is 6.33. The molecule has 2 rings (SSSR count). The van der Waals surface area contributed by atoms with Gasteiger partial charge >= 0.3 is 0 Å². The van der Waals surface area contributed by atoms with Crippen LogP contribution in [0.25, 0.3) is 0 Å². The van der Waals surface area contributed by atoms with Crippen LogP contribution in [0.1, 0.15) is 33.4 Å². The lowest BCUT2D eigenvalue weighted by atomic mass is 10.1. The van der Waals surface area contributed by atoms with Gasteiger partial charge in [-0.1, -0.05) is 5.21 Å². The molecule has 1 aliphatic heterocycles. The molecule has 0 unspecified atom stereocenters. The molecule has 0 radical (unpaired) electrons. The molecule has 1 N–H and O–H groups in total. The van der Waals surface area contributed by atoms with Crippen molar-refractivity contribution in [3.63, 3.8) is 0 Å². The maximum atomic E-state index is 4.26. The maximum absolute atomic E-state index is 4.26. The number of nitrogens with zero attached hydrogens (tertiary/aromatic N) is 4. The Balaban J connectivity index is 2.01. The Hall–Kier alpha value is -0.940. The lowest BCUT2D eigenvalue weighted by Gasteiger charge is -2.33. The van der Waals surface area contributed by atoms with Crippen LogP contribution in [-0.2, 0) is 12.1 Å². The van der Waals surface area contributed by atoms with E-state index >= 15 is 0 Å². The number of hydrogen-bond acceptors (Lipinski definition) is 4. The summed E-state index contributed by atoms with van der Waals surface area (Å²) < 4.78 is 1.94. The largest absolute Gasteiger partial charge is 0.314 e. The smallest absolute Gasteiger partial charge is 0.0967 e. The minimum atomic E-state index is 0.0142. The van der Waals surface area contributed by atoms with E-state index in [0.29, 0.717) is 6.04 Å². The first kappa shape index (κ1) is 12.5. The van der Waals surface area contributed by atoms with E-state index in [2.05, 4.69) is 54.4 Å². The third-order valence-corrected chi connectivity index (χ3v) is 3.23. The van der Waals surface area contributed by atoms with Gasteiger partial charge in [0, 0.05) is 32.2 Å². The summed E-state index contributed by atoms with van der Waals surface area (Å²) >= 11 is 0. The summed E-state index contributed by atoms with van der Waals surface area (Å²) in [7, 11) is 0. The maximum Gasteiger partial charge on any atom is 0.0967 e. The molecule has 1 aromatic heterocycles. The molecule has 0 bridgehead atoms. The lowest BCUT2D eigenvalue weighted by molar-refractivity contribution is 0.163. The van der Waals surface area contributed by atoms with Crippen LogP contribution >= 0.6 is 0 Å². The molecular weight excluding hydrogens is 214 g/mol. The van der Waals surface area contributed by atoms with Crippen molar-refractivity contribution in [2.75, 3.05) is 19.6 Å². The van der Waals surface area contributed by atoms with Crippen molar-refractivity contribution in [2.24, 2.45) is 0 Å². The fraction of sp³-hybridized carbons (Fsp3) is 0.833. The molecule has 1 aromatic rings. The molecule has 1 aliphatic rings. The van der Waals surface area contributed by atoms with Crippen LogP contribution in [0.5, 0.6) is 0 Å². The van der Waals surface area contributed by atoms with Gasteiger partial charge in [-0.3, -0.25) is 4.90 Å². The summed E-state index contributed by atoms with van der Waals surface area (Å²) in [5.74, 6) is 0. The van der Waals surface area contributed by atoms with Crippen LogP contribution in [0, 0.1) is 0 Å². The van der Waals surface area contributed by atoms with E-state index < -0.39 is 0 Å². The summed E-state index contributed by atoms with van der Waals surface area (Å²) in [5.41, 5.74) is 1.08. The molecule has 0 aliphatic carbocycles. The second kappa shape index (κ2) is 4.74. The van der Waals surface area contributed by atoms with Crippen LogP contribution in [0.3, 0.4) is 0 Å². The Labute approximate surface area is 103 Å². The predicted octanol–water partition coefficient (Wildman–Crippen LogP) is 0.827. The van der Waals surface area contributed by atoms with Gasteiger partial charge in [-0.2, -0.15) is 0 Å². The summed E-state index contributed by atoms with van der Waals surface area (Å²) in [6.45, 7) is 12.8. The van der Waals surface area contributed by atoms with Crippen molar-refractivity contribution >= 4 is 0 Å². The Morgan fingerprint density at radius 1 is 1.47 bits per heavy atom. The Bertz CT molecular complexity index is 365. The molecule has 5 heteroatoms. The van der Waals surface area contributed by atoms with Gasteiger partial charge in [0.05, 0.1) is 17.4 Å². The Kier molecular flexibility index (Phi) is 3.49. The average molecular weight is 237 g/mol. The molecule has 0 spiro atoms. The molecule has 96 valence electrons. The molecule has 0 aromatic carbocycles. The minimum Gasteiger partial charge on any atom is -0.314 e. The van der Waals surface area contributed by atoms with Crippen LogP contribution in [0.15, 0.2) is 6.20 Å². The molecule has 1 atom stereocenters. The summed E-state index contributed by atoms with van der Waals surface area (Å²) in [6, 6.07) is 0.573. The third-order valence-electron chi connectivity index (χ3n) is 3.23. The van der Waals surface area contributed by atoms with Crippen LogP contribution in [-0.4, -0.2) is 45.6 Å². The SMILES string of the molecule is C[C@H]1CNCCN1Cc1cn(C(C)(C)C)nn1. The highest BCUT2D eigenvalue weighted by molar-refractivity contribution is 4.96. The zero-order valence-electron chi connectivity index (χ0n) is 11.3. The number of rotatable bonds is 2. The van der Waals surface area contributed by atoms with E-state index in [0.717, 1.165) is 31.9 Å². The highest BCUT2D eigenvalue weighted by Crippen LogP contribution is 2.13. The van der Waals surface area contributed by atoms with Gasteiger partial charge in [-0.05, 0) is 27.7 Å². The second-order valence-corrected chi connectivity index (χ2v) is 5.85. The molecule has 2 heterocycles. The molecule has 1 saturated heterocycles. The Morgan fingerprint density at radius 2 is 2.24 bits per heavy atom. The topological polar surface area (TPSA) is 46.0 Å². The molecule has 0 saturated carbocycles. The number of aromatic nitrogens is 3. The van der Waals surface area contributed by atoms with E-state index in [-0.39, 0.29) is 5.54 Å².